The molecule has 3 aromatic heterocycles. The highest BCUT2D eigenvalue weighted by Gasteiger charge is 2.43. The highest BCUT2D eigenvalue weighted by molar-refractivity contribution is 8.02. The van der Waals surface area contributed by atoms with Crippen LogP contribution in [0.5, 0.6) is 0 Å². The molecule has 0 fully saturated rings. The number of amides is 1. The molecule has 0 aromatic carbocycles. The number of halogens is 3. The van der Waals surface area contributed by atoms with Gasteiger partial charge >= 0.3 is 6.18 Å². The maximum atomic E-state index is 13.4. The normalized spacial score (nSPS) is 18.3. The number of hydrogen-bond donors (Lipinski definition) is 0. The van der Waals surface area contributed by atoms with Crippen molar-refractivity contribution in [3.63, 3.8) is 0 Å². The SMILES string of the molecule is Cc1ccsc1C1=NC(=O)C2Sc3nc(C(F)(F)F)cc(-c4cccs4)c3C2=N1. The fourth-order valence-electron chi connectivity index (χ4n) is 3.21. The summed E-state index contributed by atoms with van der Waals surface area (Å²) >= 11 is 3.74. The van der Waals surface area contributed by atoms with Crippen LogP contribution >= 0.6 is 34.4 Å². The van der Waals surface area contributed by atoms with E-state index in [0.717, 1.165) is 28.3 Å². The Morgan fingerprint density at radius 3 is 2.59 bits per heavy atom. The molecule has 2 aliphatic rings. The fourth-order valence-corrected chi connectivity index (χ4v) is 5.96. The van der Waals surface area contributed by atoms with Crippen molar-refractivity contribution in [2.45, 2.75) is 23.4 Å². The highest BCUT2D eigenvalue weighted by atomic mass is 32.2. The van der Waals surface area contributed by atoms with Crippen molar-refractivity contribution in [2.24, 2.45) is 9.98 Å². The number of fused-ring (bicyclic) bond motifs is 3. The molecule has 0 saturated heterocycles. The van der Waals surface area contributed by atoms with Gasteiger partial charge in [-0.25, -0.2) is 9.98 Å². The van der Waals surface area contributed by atoms with Crippen molar-refractivity contribution in [1.29, 1.82) is 0 Å². The summed E-state index contributed by atoms with van der Waals surface area (Å²) in [6.07, 6.45) is -4.59. The second kappa shape index (κ2) is 6.61. The zero-order valence-corrected chi connectivity index (χ0v) is 17.1. The Hall–Kier alpha value is -2.30. The van der Waals surface area contributed by atoms with Gasteiger partial charge in [-0.05, 0) is 41.4 Å². The number of alkyl halides is 3. The number of rotatable bonds is 2. The first-order chi connectivity index (χ1) is 13.8. The van der Waals surface area contributed by atoms with Gasteiger partial charge in [-0.3, -0.25) is 4.79 Å². The van der Waals surface area contributed by atoms with E-state index in [2.05, 4.69) is 15.0 Å². The van der Waals surface area contributed by atoms with Crippen molar-refractivity contribution >= 4 is 51.9 Å². The number of carbonyl (C=O) groups is 1. The van der Waals surface area contributed by atoms with Crippen LogP contribution in [-0.2, 0) is 11.0 Å². The lowest BCUT2D eigenvalue weighted by atomic mass is 9.99. The van der Waals surface area contributed by atoms with Gasteiger partial charge in [-0.15, -0.1) is 22.7 Å². The molecule has 1 unspecified atom stereocenters. The van der Waals surface area contributed by atoms with E-state index in [1.807, 2.05) is 18.4 Å². The van der Waals surface area contributed by atoms with Crippen molar-refractivity contribution in [3.8, 4) is 10.4 Å². The minimum Gasteiger partial charge on any atom is -0.271 e. The number of aliphatic imine (C=N–C) groups is 2. The van der Waals surface area contributed by atoms with E-state index in [0.29, 0.717) is 27.6 Å². The number of nitrogens with zero attached hydrogens (tertiary/aromatic N) is 3. The van der Waals surface area contributed by atoms with Gasteiger partial charge < -0.3 is 0 Å². The van der Waals surface area contributed by atoms with E-state index in [4.69, 9.17) is 0 Å². The largest absolute Gasteiger partial charge is 0.433 e. The maximum absolute atomic E-state index is 13.4. The second-order valence-corrected chi connectivity index (χ2v) is 9.37. The summed E-state index contributed by atoms with van der Waals surface area (Å²) in [7, 11) is 0. The quantitative estimate of drug-likeness (QED) is 0.523. The molecule has 1 atom stereocenters. The van der Waals surface area contributed by atoms with Crippen LogP contribution in [0.3, 0.4) is 0 Å². The van der Waals surface area contributed by atoms with Gasteiger partial charge in [0.25, 0.3) is 5.91 Å². The lowest BCUT2D eigenvalue weighted by Crippen LogP contribution is -2.29. The Morgan fingerprint density at radius 2 is 1.93 bits per heavy atom. The number of carbonyl (C=O) groups excluding carboxylic acids is 1. The fraction of sp³-hybridized carbons (Fsp3) is 0.158. The van der Waals surface area contributed by atoms with Gasteiger partial charge in [0.1, 0.15) is 16.0 Å². The molecule has 0 spiro atoms. The lowest BCUT2D eigenvalue weighted by molar-refractivity contribution is -0.141. The number of hydrogen-bond acceptors (Lipinski definition) is 6. The van der Waals surface area contributed by atoms with Gasteiger partial charge in [0, 0.05) is 16.0 Å². The van der Waals surface area contributed by atoms with Crippen LogP contribution in [-0.4, -0.2) is 27.7 Å². The van der Waals surface area contributed by atoms with E-state index < -0.39 is 23.0 Å². The number of thiophene rings is 2. The van der Waals surface area contributed by atoms with Crippen LogP contribution in [0, 0.1) is 6.92 Å². The summed E-state index contributed by atoms with van der Waals surface area (Å²) < 4.78 is 40.3. The Kier molecular flexibility index (Phi) is 4.27. The Balaban J connectivity index is 1.74. The first-order valence-electron chi connectivity index (χ1n) is 8.41. The number of aromatic nitrogens is 1. The Bertz CT molecular complexity index is 1210. The monoisotopic (exact) mass is 449 g/mol. The van der Waals surface area contributed by atoms with Gasteiger partial charge in [-0.1, -0.05) is 17.8 Å². The standard InChI is InChI=1S/C19H10F3N3OS3/c1-8-4-6-28-14(8)16-24-13-12-9(10-3-2-5-27-10)7-11(19(20,21)22)23-18(12)29-15(13)17(26)25-16/h2-7,15H,1H3. The Labute approximate surface area is 175 Å². The van der Waals surface area contributed by atoms with Crippen LogP contribution in [0.2, 0.25) is 0 Å². The second-order valence-electron chi connectivity index (χ2n) is 6.41. The highest BCUT2D eigenvalue weighted by Crippen LogP contribution is 2.46. The molecule has 0 bridgehead atoms. The summed E-state index contributed by atoms with van der Waals surface area (Å²) in [5, 5.41) is 3.07. The summed E-state index contributed by atoms with van der Waals surface area (Å²) in [6.45, 7) is 1.90. The van der Waals surface area contributed by atoms with Crippen molar-refractivity contribution < 1.29 is 18.0 Å². The molecule has 29 heavy (non-hydrogen) atoms. The zero-order valence-electron chi connectivity index (χ0n) is 14.6. The van der Waals surface area contributed by atoms with Crippen LogP contribution in [0.4, 0.5) is 13.2 Å². The third-order valence-corrected chi connectivity index (χ3v) is 7.62. The number of pyridine rings is 1. The average Bonchev–Trinajstić information content (AvgIpc) is 3.39. The Morgan fingerprint density at radius 1 is 1.10 bits per heavy atom. The molecule has 3 aromatic rings. The number of aryl methyl sites for hydroxylation is 1. The van der Waals surface area contributed by atoms with E-state index in [-0.39, 0.29) is 5.03 Å². The van der Waals surface area contributed by atoms with E-state index >= 15 is 0 Å². The summed E-state index contributed by atoms with van der Waals surface area (Å²) in [5.74, 6) is -0.120. The first-order valence-corrected chi connectivity index (χ1v) is 11.1. The van der Waals surface area contributed by atoms with Crippen LogP contribution in [0.15, 0.2) is 50.0 Å². The molecule has 0 aliphatic carbocycles. The lowest BCUT2D eigenvalue weighted by Gasteiger charge is -2.15. The van der Waals surface area contributed by atoms with E-state index in [1.54, 1.807) is 17.5 Å². The summed E-state index contributed by atoms with van der Waals surface area (Å²) in [5.41, 5.74) is 1.28. The maximum Gasteiger partial charge on any atom is 0.433 e. The molecule has 146 valence electrons. The minimum absolute atomic E-state index is 0.166. The van der Waals surface area contributed by atoms with Crippen LogP contribution in [0.1, 0.15) is 21.7 Å². The average molecular weight is 450 g/mol. The summed E-state index contributed by atoms with van der Waals surface area (Å²) in [6, 6.07) is 6.48. The molecule has 0 saturated carbocycles. The molecule has 5 heterocycles. The third kappa shape index (κ3) is 3.06. The first kappa shape index (κ1) is 18.7. The smallest absolute Gasteiger partial charge is 0.271 e. The minimum atomic E-state index is -4.59. The predicted octanol–water partition coefficient (Wildman–Crippen LogP) is 5.45. The number of amidine groups is 1. The van der Waals surface area contributed by atoms with Crippen molar-refractivity contribution in [3.05, 3.63) is 56.7 Å². The van der Waals surface area contributed by atoms with Gasteiger partial charge in [0.15, 0.2) is 5.84 Å². The van der Waals surface area contributed by atoms with E-state index in [9.17, 15) is 18.0 Å². The topological polar surface area (TPSA) is 54.7 Å². The zero-order chi connectivity index (χ0) is 20.3. The molecule has 10 heteroatoms. The molecule has 4 nitrogen and oxygen atoms in total. The predicted molar refractivity (Wildman–Crippen MR) is 109 cm³/mol. The van der Waals surface area contributed by atoms with Gasteiger partial charge in [0.2, 0.25) is 0 Å². The molecule has 2 aliphatic heterocycles. The van der Waals surface area contributed by atoms with Gasteiger partial charge in [-0.2, -0.15) is 18.2 Å². The van der Waals surface area contributed by atoms with Crippen LogP contribution in [0.25, 0.3) is 10.4 Å². The molecule has 0 radical (unpaired) electrons. The molecular formula is C19H10F3N3OS3. The third-order valence-electron chi connectivity index (χ3n) is 4.53. The molecule has 1 amide bonds. The molecular weight excluding hydrogens is 439 g/mol. The number of thioether (sulfide) groups is 1. The van der Waals surface area contributed by atoms with Gasteiger partial charge in [0.05, 0.1) is 10.6 Å². The van der Waals surface area contributed by atoms with Crippen molar-refractivity contribution in [2.75, 3.05) is 0 Å². The van der Waals surface area contributed by atoms with Crippen molar-refractivity contribution in [1.82, 2.24) is 4.98 Å². The molecule has 5 rings (SSSR count). The molecule has 0 N–H and O–H groups in total. The van der Waals surface area contributed by atoms with E-state index in [1.165, 1.54) is 22.7 Å². The van der Waals surface area contributed by atoms with Crippen LogP contribution < -0.4 is 0 Å². The summed E-state index contributed by atoms with van der Waals surface area (Å²) in [4.78, 5) is 26.7.